The van der Waals surface area contributed by atoms with E-state index in [0.29, 0.717) is 22.2 Å². The van der Waals surface area contributed by atoms with E-state index in [1.165, 1.54) is 0 Å². The maximum Gasteiger partial charge on any atom is 0.254 e. The number of rotatable bonds is 6. The fraction of sp³-hybridized carbons (Fsp3) is 0.235. The van der Waals surface area contributed by atoms with Gasteiger partial charge in [-0.3, -0.25) is 4.79 Å². The third-order valence-corrected chi connectivity index (χ3v) is 4.77. The van der Waals surface area contributed by atoms with Gasteiger partial charge in [0, 0.05) is 18.1 Å². The number of amides is 1. The molecule has 0 unspecified atom stereocenters. The Labute approximate surface area is 150 Å². The minimum atomic E-state index is -0.269. The molecule has 0 heterocycles. The van der Waals surface area contributed by atoms with Crippen LogP contribution in [0, 0.1) is 6.92 Å². The van der Waals surface area contributed by atoms with Crippen molar-refractivity contribution in [2.75, 3.05) is 12.3 Å². The second-order valence-corrected chi connectivity index (χ2v) is 7.00. The summed E-state index contributed by atoms with van der Waals surface area (Å²) < 4.78 is 0. The Kier molecular flexibility index (Phi) is 6.63. The van der Waals surface area contributed by atoms with Crippen molar-refractivity contribution in [3.05, 3.63) is 63.1 Å². The van der Waals surface area contributed by atoms with E-state index in [4.69, 9.17) is 23.2 Å². The Bertz CT molecular complexity index is 666. The van der Waals surface area contributed by atoms with E-state index < -0.39 is 0 Å². The number of halogens is 2. The first kappa shape index (κ1) is 18.0. The summed E-state index contributed by atoms with van der Waals surface area (Å²) in [5.41, 5.74) is 2.40. The summed E-state index contributed by atoms with van der Waals surface area (Å²) in [7, 11) is 0. The topological polar surface area (TPSA) is 49.3 Å². The van der Waals surface area contributed by atoms with Crippen molar-refractivity contribution in [2.24, 2.45) is 0 Å². The van der Waals surface area contributed by atoms with Crippen LogP contribution < -0.4 is 5.32 Å². The number of phenols is 1. The predicted molar refractivity (Wildman–Crippen MR) is 97.8 cm³/mol. The number of hydrogen-bond acceptors (Lipinski definition) is 3. The molecule has 0 aromatic heterocycles. The van der Waals surface area contributed by atoms with E-state index in [1.807, 2.05) is 13.0 Å². The monoisotopic (exact) mass is 369 g/mol. The minimum absolute atomic E-state index is 0.269. The van der Waals surface area contributed by atoms with Gasteiger partial charge in [0.2, 0.25) is 0 Å². The Morgan fingerprint density at radius 3 is 2.57 bits per heavy atom. The summed E-state index contributed by atoms with van der Waals surface area (Å²) in [5, 5.41) is 13.1. The lowest BCUT2D eigenvalue weighted by Gasteiger charge is -2.08. The molecule has 0 saturated carbocycles. The maximum atomic E-state index is 12.1. The van der Waals surface area contributed by atoms with Crippen LogP contribution in [-0.2, 0) is 5.75 Å². The standard InChI is InChI=1S/C17H17Cl2NO2S/c1-11-7-12(9-13(21)8-11)10-23-6-5-20-17(22)16-14(18)3-2-4-15(16)19/h2-4,7-9,21H,5-6,10H2,1H3,(H,20,22). The van der Waals surface area contributed by atoms with Crippen LogP contribution in [0.3, 0.4) is 0 Å². The lowest BCUT2D eigenvalue weighted by Crippen LogP contribution is -2.26. The number of thioether (sulfide) groups is 1. The van der Waals surface area contributed by atoms with Gasteiger partial charge in [-0.1, -0.05) is 35.3 Å². The average molecular weight is 370 g/mol. The molecule has 1 amide bonds. The fourth-order valence-corrected chi connectivity index (χ4v) is 3.52. The molecule has 0 bridgehead atoms. The van der Waals surface area contributed by atoms with Crippen molar-refractivity contribution in [3.8, 4) is 5.75 Å². The number of phenolic OH excluding ortho intramolecular Hbond substituents is 1. The molecule has 0 aliphatic rings. The molecule has 0 spiro atoms. The quantitative estimate of drug-likeness (QED) is 0.727. The van der Waals surface area contributed by atoms with Crippen LogP contribution >= 0.6 is 35.0 Å². The van der Waals surface area contributed by atoms with Gasteiger partial charge in [0.25, 0.3) is 5.91 Å². The first-order valence-electron chi connectivity index (χ1n) is 7.07. The molecule has 3 nitrogen and oxygen atoms in total. The van der Waals surface area contributed by atoms with Crippen LogP contribution in [0.1, 0.15) is 21.5 Å². The Morgan fingerprint density at radius 2 is 1.91 bits per heavy atom. The van der Waals surface area contributed by atoms with Gasteiger partial charge in [-0.25, -0.2) is 0 Å². The van der Waals surface area contributed by atoms with Gasteiger partial charge in [0.1, 0.15) is 5.75 Å². The predicted octanol–water partition coefficient (Wildman–Crippen LogP) is 4.67. The third-order valence-electron chi connectivity index (χ3n) is 3.11. The van der Waals surface area contributed by atoms with Crippen molar-refractivity contribution < 1.29 is 9.90 Å². The minimum Gasteiger partial charge on any atom is -0.508 e. The van der Waals surface area contributed by atoms with Gasteiger partial charge in [0.05, 0.1) is 15.6 Å². The Balaban J connectivity index is 1.78. The summed E-state index contributed by atoms with van der Waals surface area (Å²) in [4.78, 5) is 12.1. The molecular weight excluding hydrogens is 353 g/mol. The zero-order chi connectivity index (χ0) is 16.8. The number of aromatic hydroxyl groups is 1. The molecule has 23 heavy (non-hydrogen) atoms. The van der Waals surface area contributed by atoms with Gasteiger partial charge in [-0.05, 0) is 42.3 Å². The van der Waals surface area contributed by atoms with Crippen LogP contribution in [0.15, 0.2) is 36.4 Å². The van der Waals surface area contributed by atoms with Crippen LogP contribution in [0.4, 0.5) is 0 Å². The van der Waals surface area contributed by atoms with Crippen molar-refractivity contribution >= 4 is 40.9 Å². The molecular formula is C17H17Cl2NO2S. The van der Waals surface area contributed by atoms with Crippen LogP contribution in [0.5, 0.6) is 5.75 Å². The Hall–Kier alpha value is -1.36. The summed E-state index contributed by atoms with van der Waals surface area (Å²) in [6.07, 6.45) is 0. The van der Waals surface area contributed by atoms with E-state index in [2.05, 4.69) is 5.32 Å². The van der Waals surface area contributed by atoms with Gasteiger partial charge >= 0.3 is 0 Å². The lowest BCUT2D eigenvalue weighted by molar-refractivity contribution is 0.0956. The van der Waals surface area contributed by atoms with Gasteiger partial charge in [0.15, 0.2) is 0 Å². The van der Waals surface area contributed by atoms with E-state index in [1.54, 1.807) is 42.1 Å². The van der Waals surface area contributed by atoms with E-state index >= 15 is 0 Å². The molecule has 6 heteroatoms. The van der Waals surface area contributed by atoms with Gasteiger partial charge < -0.3 is 10.4 Å². The van der Waals surface area contributed by atoms with E-state index in [0.717, 1.165) is 22.6 Å². The second kappa shape index (κ2) is 8.48. The molecule has 2 N–H and O–H groups in total. The number of carbonyl (C=O) groups excluding carboxylic acids is 1. The first-order chi connectivity index (χ1) is 11.0. The zero-order valence-electron chi connectivity index (χ0n) is 12.6. The molecule has 0 aliphatic carbocycles. The number of nitrogens with one attached hydrogen (secondary N) is 1. The first-order valence-corrected chi connectivity index (χ1v) is 8.98. The van der Waals surface area contributed by atoms with Crippen molar-refractivity contribution in [1.29, 1.82) is 0 Å². The van der Waals surface area contributed by atoms with E-state index in [9.17, 15) is 9.90 Å². The van der Waals surface area contributed by atoms with Crippen molar-refractivity contribution in [1.82, 2.24) is 5.32 Å². The van der Waals surface area contributed by atoms with Crippen LogP contribution in [-0.4, -0.2) is 23.3 Å². The molecule has 2 rings (SSSR count). The highest BCUT2D eigenvalue weighted by molar-refractivity contribution is 7.98. The van der Waals surface area contributed by atoms with Crippen LogP contribution in [0.25, 0.3) is 0 Å². The van der Waals surface area contributed by atoms with Gasteiger partial charge in [-0.2, -0.15) is 11.8 Å². The third kappa shape index (κ3) is 5.34. The molecule has 0 saturated heterocycles. The highest BCUT2D eigenvalue weighted by Crippen LogP contribution is 2.24. The number of aryl methyl sites for hydroxylation is 1. The highest BCUT2D eigenvalue weighted by Gasteiger charge is 2.13. The highest BCUT2D eigenvalue weighted by atomic mass is 35.5. The molecule has 0 atom stereocenters. The summed E-state index contributed by atoms with van der Waals surface area (Å²) in [6.45, 7) is 2.46. The van der Waals surface area contributed by atoms with Crippen molar-refractivity contribution in [2.45, 2.75) is 12.7 Å². The largest absolute Gasteiger partial charge is 0.508 e. The molecule has 2 aromatic carbocycles. The van der Waals surface area contributed by atoms with Crippen LogP contribution in [0.2, 0.25) is 10.0 Å². The summed E-state index contributed by atoms with van der Waals surface area (Å²) in [5.74, 6) is 1.54. The molecule has 0 aliphatic heterocycles. The zero-order valence-corrected chi connectivity index (χ0v) is 14.9. The van der Waals surface area contributed by atoms with Crippen molar-refractivity contribution in [3.63, 3.8) is 0 Å². The Morgan fingerprint density at radius 1 is 1.22 bits per heavy atom. The molecule has 2 aromatic rings. The molecule has 0 radical (unpaired) electrons. The normalized spacial score (nSPS) is 10.6. The van der Waals surface area contributed by atoms with E-state index in [-0.39, 0.29) is 11.7 Å². The summed E-state index contributed by atoms with van der Waals surface area (Å²) >= 11 is 13.7. The smallest absolute Gasteiger partial charge is 0.254 e. The SMILES string of the molecule is Cc1cc(O)cc(CSCCNC(=O)c2c(Cl)cccc2Cl)c1. The number of hydrogen-bond donors (Lipinski definition) is 2. The molecule has 0 fully saturated rings. The average Bonchev–Trinajstić information content (AvgIpc) is 2.45. The molecule has 122 valence electrons. The number of benzene rings is 2. The second-order valence-electron chi connectivity index (χ2n) is 5.08. The maximum absolute atomic E-state index is 12.1. The number of carbonyl (C=O) groups is 1. The lowest BCUT2D eigenvalue weighted by atomic mass is 10.1. The fourth-order valence-electron chi connectivity index (χ4n) is 2.15. The summed E-state index contributed by atoms with van der Waals surface area (Å²) in [6, 6.07) is 10.5. The van der Waals surface area contributed by atoms with Gasteiger partial charge in [-0.15, -0.1) is 0 Å².